The fraction of sp³-hybridized carbons (Fsp3) is 0.776. The molecule has 0 aliphatic carbocycles. The maximum absolute atomic E-state index is 14.9. The second-order valence-corrected chi connectivity index (χ2v) is 21.6. The summed E-state index contributed by atoms with van der Waals surface area (Å²) in [7, 11) is 3.90. The van der Waals surface area contributed by atoms with Crippen LogP contribution in [0.15, 0.2) is 29.6 Å². The van der Waals surface area contributed by atoms with Crippen molar-refractivity contribution in [2.75, 3.05) is 120 Å². The van der Waals surface area contributed by atoms with Gasteiger partial charge in [-0.25, -0.2) is 4.98 Å². The van der Waals surface area contributed by atoms with Crippen LogP contribution in [0.3, 0.4) is 0 Å². The molecule has 3 amide bonds. The number of hydrogen-bond acceptors (Lipinski definition) is 15. The maximum Gasteiger partial charge on any atom is 0.270 e. The van der Waals surface area contributed by atoms with Crippen molar-refractivity contribution in [2.24, 2.45) is 35.3 Å². The molecule has 0 saturated carbocycles. The Bertz CT molecular complexity index is 1850. The third-order valence-electron chi connectivity index (χ3n) is 13.8. The number of ketones is 1. The van der Waals surface area contributed by atoms with Crippen molar-refractivity contribution in [2.45, 2.75) is 145 Å². The van der Waals surface area contributed by atoms with Crippen LogP contribution in [0.5, 0.6) is 0 Å². The van der Waals surface area contributed by atoms with E-state index in [4.69, 9.17) is 43.9 Å². The number of nitrogens with two attached hydrogens (primary N) is 1. The summed E-state index contributed by atoms with van der Waals surface area (Å²) in [4.78, 5) is 65.4. The van der Waals surface area contributed by atoms with Gasteiger partial charge in [-0.15, -0.1) is 11.3 Å². The van der Waals surface area contributed by atoms with Gasteiger partial charge in [-0.3, -0.25) is 24.1 Å². The van der Waals surface area contributed by atoms with Gasteiger partial charge in [-0.05, 0) is 70.0 Å². The van der Waals surface area contributed by atoms with Gasteiger partial charge in [-0.2, -0.15) is 0 Å². The second-order valence-electron chi connectivity index (χ2n) is 20.7. The lowest BCUT2D eigenvalue weighted by atomic mass is 9.81. The topological polar surface area (TPSA) is 202 Å². The summed E-state index contributed by atoms with van der Waals surface area (Å²) in [6.07, 6.45) is 4.38. The lowest BCUT2D eigenvalue weighted by Crippen LogP contribution is -2.50. The molecule has 1 heterocycles. The van der Waals surface area contributed by atoms with Gasteiger partial charge in [0.2, 0.25) is 11.8 Å². The Labute approximate surface area is 462 Å². The monoisotopic (exact) mass is 1090 g/mol. The highest BCUT2D eigenvalue weighted by atomic mass is 32.1. The third-order valence-corrected chi connectivity index (χ3v) is 14.7. The van der Waals surface area contributed by atoms with Crippen molar-refractivity contribution in [3.63, 3.8) is 0 Å². The molecule has 0 aliphatic rings. The number of hydrogen-bond donors (Lipinski definition) is 3. The van der Waals surface area contributed by atoms with Crippen molar-refractivity contribution in [3.05, 3.63) is 51.5 Å². The lowest BCUT2D eigenvalue weighted by Gasteiger charge is -2.40. The van der Waals surface area contributed by atoms with Crippen LogP contribution in [0.2, 0.25) is 0 Å². The van der Waals surface area contributed by atoms with Crippen molar-refractivity contribution in [3.8, 4) is 0 Å². The van der Waals surface area contributed by atoms with Crippen molar-refractivity contribution in [1.82, 2.24) is 25.4 Å². The Balaban J connectivity index is 2.06. The first-order valence-corrected chi connectivity index (χ1v) is 29.3. The van der Waals surface area contributed by atoms with Crippen LogP contribution in [0.4, 0.5) is 0 Å². The molecular weight excluding hydrogens is 989 g/mol. The fourth-order valence-corrected chi connectivity index (χ4v) is 9.96. The number of carbonyl (C=O) groups is 4. The van der Waals surface area contributed by atoms with E-state index in [1.807, 2.05) is 49.9 Å². The van der Waals surface area contributed by atoms with Crippen molar-refractivity contribution in [1.29, 1.82) is 0 Å². The number of amides is 3. The highest BCUT2D eigenvalue weighted by molar-refractivity contribution is 7.09. The van der Waals surface area contributed by atoms with Crippen molar-refractivity contribution < 1.29 is 52.3 Å². The summed E-state index contributed by atoms with van der Waals surface area (Å²) in [6, 6.07) is 7.38. The number of benzene rings is 1. The number of likely N-dealkylation sites (N-methyl/N-ethyl adjacent to an activating group) is 1. The SMILES string of the molecule is CCCO[C@H](C[C@H](C(C)C)N(CCC)C(=O)[C@@H](CC(=O)[C@@H]([C@@H](C)CC)N(C)C)[C@@H](C)CC)c1nc(C(=O)N[C@@H](Cc2ccc(C)cc2)C[C@H](C)C(=O)NCCOCCOCCOCCOCCOCCOCCN)cs1. The minimum Gasteiger partial charge on any atom is -0.378 e. The summed E-state index contributed by atoms with van der Waals surface area (Å²) in [5, 5.41) is 8.65. The maximum atomic E-state index is 14.9. The van der Waals surface area contributed by atoms with Crippen LogP contribution in [0, 0.1) is 36.5 Å². The normalized spacial score (nSPS) is 15.0. The van der Waals surface area contributed by atoms with E-state index in [9.17, 15) is 19.2 Å². The standard InChI is InChI=1S/C58H102N6O11S/c1-13-23-64(58(68)49(44(8)15-3)39-52(65)54(63(11)12)45(9)16-4)51(42(5)6)40-53(75-24-14-2)57-62-50(41-76-57)56(67)61-48(38-47-19-17-43(7)18-20-47)37-46(10)55(66)60-22-26-70-28-30-72-32-34-74-36-35-73-33-31-71-29-27-69-25-21-59/h17-20,41-42,44-46,48-49,51,53-54H,13-16,21-40,59H2,1-12H3,(H,60,66)(H,61,67)/t44-,45-,46-,48+,49-,51+,53+,54+/m0/s1. The first-order chi connectivity index (χ1) is 36.5. The largest absolute Gasteiger partial charge is 0.378 e. The number of Topliss-reactive ketones (excluding diaryl/α,β-unsaturated/α-hetero) is 1. The van der Waals surface area contributed by atoms with Crippen LogP contribution >= 0.6 is 11.3 Å². The first-order valence-electron chi connectivity index (χ1n) is 28.4. The van der Waals surface area contributed by atoms with E-state index < -0.39 is 17.9 Å². The van der Waals surface area contributed by atoms with Gasteiger partial charge in [0.15, 0.2) is 5.78 Å². The highest BCUT2D eigenvalue weighted by Gasteiger charge is 2.39. The number of carbonyl (C=O) groups excluding carboxylic acids is 4. The van der Waals surface area contributed by atoms with Crippen LogP contribution < -0.4 is 16.4 Å². The Morgan fingerprint density at radius 1 is 0.711 bits per heavy atom. The van der Waals surface area contributed by atoms with Gasteiger partial charge in [-0.1, -0.05) is 105 Å². The van der Waals surface area contributed by atoms with E-state index in [1.54, 1.807) is 5.38 Å². The molecule has 0 saturated heterocycles. The number of ether oxygens (including phenoxy) is 7. The van der Waals surface area contributed by atoms with Gasteiger partial charge in [0.05, 0.1) is 85.3 Å². The number of nitrogens with zero attached hydrogens (tertiary/aromatic N) is 3. The predicted octanol–water partition coefficient (Wildman–Crippen LogP) is 7.71. The molecule has 0 aliphatic heterocycles. The van der Waals surface area contributed by atoms with E-state index >= 15 is 0 Å². The molecule has 1 aromatic carbocycles. The fourth-order valence-electron chi connectivity index (χ4n) is 9.10. The van der Waals surface area contributed by atoms with Crippen LogP contribution in [0.25, 0.3) is 0 Å². The molecule has 4 N–H and O–H groups in total. The zero-order valence-corrected chi connectivity index (χ0v) is 49.7. The quantitative estimate of drug-likeness (QED) is 0.0544. The molecule has 76 heavy (non-hydrogen) atoms. The molecular formula is C58H102N6O11S. The molecule has 18 heteroatoms. The molecule has 17 nitrogen and oxygen atoms in total. The summed E-state index contributed by atoms with van der Waals surface area (Å²) >= 11 is 1.38. The number of thiazole rings is 1. The Kier molecular flexibility index (Phi) is 36.8. The predicted molar refractivity (Wildman–Crippen MR) is 303 cm³/mol. The summed E-state index contributed by atoms with van der Waals surface area (Å²) in [5.41, 5.74) is 7.84. The number of nitrogens with one attached hydrogen (secondary N) is 2. The van der Waals surface area contributed by atoms with Crippen molar-refractivity contribution >= 4 is 34.8 Å². The average Bonchev–Trinajstić information content (AvgIpc) is 3.90. The van der Waals surface area contributed by atoms with Gasteiger partial charge in [0.1, 0.15) is 16.8 Å². The molecule has 0 unspecified atom stereocenters. The summed E-state index contributed by atoms with van der Waals surface area (Å²) < 4.78 is 39.5. The smallest absolute Gasteiger partial charge is 0.270 e. The minimum atomic E-state index is -0.464. The van der Waals surface area contributed by atoms with Crippen LogP contribution in [-0.2, 0) is 54.0 Å². The Morgan fingerprint density at radius 2 is 1.26 bits per heavy atom. The average molecular weight is 1090 g/mol. The lowest BCUT2D eigenvalue weighted by molar-refractivity contribution is -0.145. The molecule has 0 fully saturated rings. The van der Waals surface area contributed by atoms with E-state index in [0.717, 1.165) is 36.8 Å². The molecule has 0 radical (unpaired) electrons. The molecule has 2 aromatic rings. The molecule has 436 valence electrons. The number of aromatic nitrogens is 1. The molecule has 8 atom stereocenters. The molecule has 1 aromatic heterocycles. The molecule has 0 spiro atoms. The highest BCUT2D eigenvalue weighted by Crippen LogP contribution is 2.34. The number of aryl methyl sites for hydroxylation is 1. The van der Waals surface area contributed by atoms with E-state index in [1.165, 1.54) is 11.3 Å². The van der Waals surface area contributed by atoms with Gasteiger partial charge >= 0.3 is 0 Å². The summed E-state index contributed by atoms with van der Waals surface area (Å²) in [5.74, 6) is -0.903. The Hall–Kier alpha value is -3.43. The second kappa shape index (κ2) is 40.7. The zero-order valence-electron chi connectivity index (χ0n) is 48.9. The Morgan fingerprint density at radius 3 is 1.76 bits per heavy atom. The third kappa shape index (κ3) is 27.0. The molecule has 2 rings (SSSR count). The first kappa shape index (κ1) is 68.7. The molecule has 0 bridgehead atoms. The van der Waals surface area contributed by atoms with Gasteiger partial charge in [0.25, 0.3) is 5.91 Å². The van der Waals surface area contributed by atoms with Gasteiger partial charge in [0, 0.05) is 68.4 Å². The van der Waals surface area contributed by atoms with Gasteiger partial charge < -0.3 is 54.4 Å². The zero-order chi connectivity index (χ0) is 56.3. The number of rotatable bonds is 46. The van der Waals surface area contributed by atoms with Crippen LogP contribution in [-0.4, -0.2) is 176 Å². The van der Waals surface area contributed by atoms with E-state index in [-0.39, 0.29) is 71.5 Å². The minimum absolute atomic E-state index is 0.0188. The summed E-state index contributed by atoms with van der Waals surface area (Å²) in [6.45, 7) is 28.1. The van der Waals surface area contributed by atoms with E-state index in [2.05, 4.69) is 78.2 Å². The van der Waals surface area contributed by atoms with E-state index in [0.29, 0.717) is 130 Å². The van der Waals surface area contributed by atoms with Crippen LogP contribution in [0.1, 0.15) is 140 Å².